The average molecular weight is 266 g/mol. The Morgan fingerprint density at radius 1 is 1.05 bits per heavy atom. The summed E-state index contributed by atoms with van der Waals surface area (Å²) in [6.45, 7) is 6.87. The maximum absolute atomic E-state index is 5.42. The number of piperidine rings is 1. The van der Waals surface area contributed by atoms with E-state index in [1.54, 1.807) is 0 Å². The van der Waals surface area contributed by atoms with Crippen LogP contribution in [-0.2, 0) is 4.74 Å². The molecule has 0 spiro atoms. The molecular formula is C16H30N2O. The first-order valence-corrected chi connectivity index (χ1v) is 8.46. The van der Waals surface area contributed by atoms with Crippen LogP contribution in [-0.4, -0.2) is 50.3 Å². The number of nitrogens with one attached hydrogen (secondary N) is 1. The summed E-state index contributed by atoms with van der Waals surface area (Å²) in [5.41, 5.74) is 0. The zero-order chi connectivity index (χ0) is 12.9. The van der Waals surface area contributed by atoms with E-state index in [-0.39, 0.29) is 0 Å². The molecule has 19 heavy (non-hydrogen) atoms. The van der Waals surface area contributed by atoms with Gasteiger partial charge in [-0.25, -0.2) is 0 Å². The van der Waals surface area contributed by atoms with Gasteiger partial charge in [0.1, 0.15) is 0 Å². The minimum atomic E-state index is 0.767. The lowest BCUT2D eigenvalue weighted by Crippen LogP contribution is -2.49. The number of hydrogen-bond donors (Lipinski definition) is 1. The Hall–Kier alpha value is -0.120. The van der Waals surface area contributed by atoms with Crippen molar-refractivity contribution in [3.05, 3.63) is 0 Å². The monoisotopic (exact) mass is 266 g/mol. The van der Waals surface area contributed by atoms with Crippen LogP contribution in [0.15, 0.2) is 0 Å². The van der Waals surface area contributed by atoms with Crippen molar-refractivity contribution in [2.75, 3.05) is 39.4 Å². The van der Waals surface area contributed by atoms with Crippen LogP contribution in [0.4, 0.5) is 0 Å². The van der Waals surface area contributed by atoms with Crippen molar-refractivity contribution in [3.8, 4) is 0 Å². The van der Waals surface area contributed by atoms with E-state index in [2.05, 4.69) is 10.2 Å². The van der Waals surface area contributed by atoms with Gasteiger partial charge in [0.2, 0.25) is 0 Å². The lowest BCUT2D eigenvalue weighted by molar-refractivity contribution is 0.0616. The van der Waals surface area contributed by atoms with E-state index in [1.165, 1.54) is 64.6 Å². The molecule has 3 unspecified atom stereocenters. The van der Waals surface area contributed by atoms with Crippen molar-refractivity contribution in [1.29, 1.82) is 0 Å². The maximum atomic E-state index is 5.42. The summed E-state index contributed by atoms with van der Waals surface area (Å²) in [6.07, 6.45) is 10.1. The molecule has 1 aliphatic carbocycles. The molecule has 0 aromatic carbocycles. The van der Waals surface area contributed by atoms with E-state index in [0.717, 1.165) is 37.6 Å². The van der Waals surface area contributed by atoms with Gasteiger partial charge < -0.3 is 10.1 Å². The molecule has 2 aliphatic heterocycles. The van der Waals surface area contributed by atoms with E-state index in [0.29, 0.717) is 0 Å². The Balaban J connectivity index is 1.36. The largest absolute Gasteiger partial charge is 0.381 e. The summed E-state index contributed by atoms with van der Waals surface area (Å²) in [4.78, 5) is 2.78. The Morgan fingerprint density at radius 2 is 1.95 bits per heavy atom. The SMILES string of the molecule is C1CCC2C(C1)CCCN2CCNCC1CCOC1. The summed E-state index contributed by atoms with van der Waals surface area (Å²) in [5.74, 6) is 1.79. The van der Waals surface area contributed by atoms with E-state index in [1.807, 2.05) is 0 Å². The molecule has 3 fully saturated rings. The molecule has 0 radical (unpaired) electrons. The van der Waals surface area contributed by atoms with Crippen LogP contribution in [0.1, 0.15) is 44.9 Å². The Kier molecular flexibility index (Phi) is 5.14. The molecule has 3 atom stereocenters. The molecule has 3 heteroatoms. The van der Waals surface area contributed by atoms with Gasteiger partial charge in [0.05, 0.1) is 6.61 Å². The molecule has 3 rings (SSSR count). The van der Waals surface area contributed by atoms with Crippen LogP contribution in [0.2, 0.25) is 0 Å². The molecule has 110 valence electrons. The van der Waals surface area contributed by atoms with Gasteiger partial charge >= 0.3 is 0 Å². The quantitative estimate of drug-likeness (QED) is 0.773. The zero-order valence-electron chi connectivity index (χ0n) is 12.3. The summed E-state index contributed by atoms with van der Waals surface area (Å²) in [7, 11) is 0. The van der Waals surface area contributed by atoms with Crippen LogP contribution in [0, 0.1) is 11.8 Å². The Bertz CT molecular complexity index is 263. The highest BCUT2D eigenvalue weighted by Crippen LogP contribution is 2.34. The van der Waals surface area contributed by atoms with Gasteiger partial charge in [-0.1, -0.05) is 12.8 Å². The van der Waals surface area contributed by atoms with Crippen LogP contribution in [0.3, 0.4) is 0 Å². The topological polar surface area (TPSA) is 24.5 Å². The molecular weight excluding hydrogens is 236 g/mol. The standard InChI is InChI=1S/C16H30N2O/c1-2-6-16-15(4-1)5-3-9-18(16)10-8-17-12-14-7-11-19-13-14/h14-17H,1-13H2. The zero-order valence-corrected chi connectivity index (χ0v) is 12.3. The lowest BCUT2D eigenvalue weighted by atomic mass is 9.78. The second-order valence-electron chi connectivity index (χ2n) is 6.72. The predicted molar refractivity (Wildman–Crippen MR) is 78.3 cm³/mol. The van der Waals surface area contributed by atoms with E-state index in [4.69, 9.17) is 4.74 Å². The van der Waals surface area contributed by atoms with Crippen molar-refractivity contribution < 1.29 is 4.74 Å². The Labute approximate surface area is 118 Å². The molecule has 0 amide bonds. The van der Waals surface area contributed by atoms with Gasteiger partial charge in [-0.2, -0.15) is 0 Å². The first kappa shape index (κ1) is 13.8. The summed E-state index contributed by atoms with van der Waals surface area (Å²) in [5, 5.41) is 3.65. The molecule has 3 aliphatic rings. The van der Waals surface area contributed by atoms with Crippen molar-refractivity contribution in [2.24, 2.45) is 11.8 Å². The minimum absolute atomic E-state index is 0.767. The highest BCUT2D eigenvalue weighted by atomic mass is 16.5. The highest BCUT2D eigenvalue weighted by Gasteiger charge is 2.32. The van der Waals surface area contributed by atoms with Gasteiger partial charge in [-0.15, -0.1) is 0 Å². The third kappa shape index (κ3) is 3.71. The maximum Gasteiger partial charge on any atom is 0.0507 e. The van der Waals surface area contributed by atoms with Gasteiger partial charge in [-0.3, -0.25) is 4.90 Å². The predicted octanol–water partition coefficient (Wildman–Crippen LogP) is 2.27. The average Bonchev–Trinajstić information content (AvgIpc) is 2.97. The van der Waals surface area contributed by atoms with Crippen LogP contribution in [0.25, 0.3) is 0 Å². The van der Waals surface area contributed by atoms with Gasteiger partial charge in [0.25, 0.3) is 0 Å². The fourth-order valence-electron chi connectivity index (χ4n) is 4.28. The van der Waals surface area contributed by atoms with Crippen LogP contribution < -0.4 is 5.32 Å². The molecule has 1 N–H and O–H groups in total. The van der Waals surface area contributed by atoms with Crippen LogP contribution in [0.5, 0.6) is 0 Å². The molecule has 0 aromatic rings. The van der Waals surface area contributed by atoms with E-state index >= 15 is 0 Å². The molecule has 0 aromatic heterocycles. The first-order chi connectivity index (χ1) is 9.43. The number of ether oxygens (including phenoxy) is 1. The first-order valence-electron chi connectivity index (χ1n) is 8.46. The van der Waals surface area contributed by atoms with E-state index in [9.17, 15) is 0 Å². The Morgan fingerprint density at radius 3 is 2.84 bits per heavy atom. The third-order valence-corrected chi connectivity index (χ3v) is 5.39. The second-order valence-corrected chi connectivity index (χ2v) is 6.72. The molecule has 2 saturated heterocycles. The highest BCUT2D eigenvalue weighted by molar-refractivity contribution is 4.87. The lowest BCUT2D eigenvalue weighted by Gasteiger charge is -2.44. The van der Waals surface area contributed by atoms with Crippen molar-refractivity contribution in [3.63, 3.8) is 0 Å². The summed E-state index contributed by atoms with van der Waals surface area (Å²) in [6, 6.07) is 0.916. The van der Waals surface area contributed by atoms with Crippen molar-refractivity contribution in [2.45, 2.75) is 51.0 Å². The minimum Gasteiger partial charge on any atom is -0.381 e. The molecule has 2 heterocycles. The normalized spacial score (nSPS) is 36.3. The molecule has 3 nitrogen and oxygen atoms in total. The fraction of sp³-hybridized carbons (Fsp3) is 1.00. The van der Waals surface area contributed by atoms with Crippen molar-refractivity contribution >= 4 is 0 Å². The molecule has 0 bridgehead atoms. The number of fused-ring (bicyclic) bond motifs is 1. The second kappa shape index (κ2) is 7.05. The third-order valence-electron chi connectivity index (χ3n) is 5.39. The van der Waals surface area contributed by atoms with Gasteiger partial charge in [-0.05, 0) is 50.5 Å². The van der Waals surface area contributed by atoms with Crippen molar-refractivity contribution in [1.82, 2.24) is 10.2 Å². The fourth-order valence-corrected chi connectivity index (χ4v) is 4.28. The smallest absolute Gasteiger partial charge is 0.0507 e. The molecule has 1 saturated carbocycles. The number of likely N-dealkylation sites (tertiary alicyclic amines) is 1. The van der Waals surface area contributed by atoms with Gasteiger partial charge in [0, 0.05) is 32.3 Å². The summed E-state index contributed by atoms with van der Waals surface area (Å²) >= 11 is 0. The van der Waals surface area contributed by atoms with Crippen LogP contribution >= 0.6 is 0 Å². The number of hydrogen-bond acceptors (Lipinski definition) is 3. The number of nitrogens with zero attached hydrogens (tertiary/aromatic N) is 1. The van der Waals surface area contributed by atoms with E-state index < -0.39 is 0 Å². The van der Waals surface area contributed by atoms with Gasteiger partial charge in [0.15, 0.2) is 0 Å². The number of rotatable bonds is 5. The summed E-state index contributed by atoms with van der Waals surface area (Å²) < 4.78 is 5.42.